The van der Waals surface area contributed by atoms with Crippen molar-refractivity contribution in [2.45, 2.75) is 33.6 Å². The first-order valence-corrected chi connectivity index (χ1v) is 13.0. The fraction of sp³-hybridized carbons (Fsp3) is 0.364. The second kappa shape index (κ2) is 15.8. The molecule has 2 heterocycles. The molecule has 0 saturated carbocycles. The summed E-state index contributed by atoms with van der Waals surface area (Å²) >= 11 is 8.14. The molecule has 0 aliphatic rings. The van der Waals surface area contributed by atoms with E-state index in [0.29, 0.717) is 17.7 Å². The van der Waals surface area contributed by atoms with Crippen LogP contribution in [-0.4, -0.2) is 39.7 Å². The Hall–Kier alpha value is -1.95. The largest absolute Gasteiger partial charge is 0.473 e. The van der Waals surface area contributed by atoms with Crippen LogP contribution in [0.4, 0.5) is 5.82 Å². The van der Waals surface area contributed by atoms with Crippen LogP contribution in [-0.2, 0) is 0 Å². The van der Waals surface area contributed by atoms with Crippen LogP contribution in [0.15, 0.2) is 51.9 Å². The topological polar surface area (TPSA) is 94.1 Å². The summed E-state index contributed by atoms with van der Waals surface area (Å²) in [5, 5.41) is 0. The molecular formula is C22H28Br2N6O2S. The van der Waals surface area contributed by atoms with Crippen molar-refractivity contribution in [3.05, 3.63) is 51.9 Å². The smallest absolute Gasteiger partial charge is 0.316 e. The van der Waals surface area contributed by atoms with Crippen molar-refractivity contribution in [3.63, 3.8) is 0 Å². The van der Waals surface area contributed by atoms with Crippen molar-refractivity contribution >= 4 is 49.8 Å². The number of hydrogen-bond donors (Lipinski definition) is 2. The van der Waals surface area contributed by atoms with Gasteiger partial charge in [-0.2, -0.15) is 0 Å². The number of rotatable bonds is 11. The zero-order valence-corrected chi connectivity index (χ0v) is 22.8. The molecule has 33 heavy (non-hydrogen) atoms. The highest BCUT2D eigenvalue weighted by Gasteiger charge is 2.15. The number of ether oxygens (including phenoxy) is 2. The van der Waals surface area contributed by atoms with E-state index in [0.717, 1.165) is 33.0 Å². The fourth-order valence-electron chi connectivity index (χ4n) is 2.32. The van der Waals surface area contributed by atoms with Gasteiger partial charge in [-0.3, -0.25) is 0 Å². The molecule has 2 N–H and O–H groups in total. The summed E-state index contributed by atoms with van der Waals surface area (Å²) in [7, 11) is 0. The monoisotopic (exact) mass is 598 g/mol. The minimum absolute atomic E-state index is 0.278. The Bertz CT molecular complexity index is 949. The highest BCUT2D eigenvalue weighted by atomic mass is 79.9. The van der Waals surface area contributed by atoms with Crippen molar-refractivity contribution in [1.29, 1.82) is 0 Å². The summed E-state index contributed by atoms with van der Waals surface area (Å²) in [5.41, 5.74) is 1.71. The Kier molecular flexibility index (Phi) is 13.1. The average molecular weight is 600 g/mol. The van der Waals surface area contributed by atoms with Crippen molar-refractivity contribution in [2.75, 3.05) is 24.5 Å². The molecule has 0 aliphatic heterocycles. The number of halogens is 2. The normalized spacial score (nSPS) is 10.2. The van der Waals surface area contributed by atoms with Crippen LogP contribution in [0, 0.1) is 0 Å². The number of nitrogens with zero attached hydrogens (tertiary/aromatic N) is 4. The standard InChI is InChI=1S/C19H20Br2N6O2S.C3H8/c1-2-7-26-30-27-17-16(13-3-5-14(20)6-4-13)18(25-12-24-17)28-8-9-29-19-22-10-15(21)11-23-19;1-3-2/h3-6,10-12,26H,2,7-9H2,1H3,(H,24,25,27);3H2,1-2H3. The summed E-state index contributed by atoms with van der Waals surface area (Å²) < 4.78 is 19.7. The molecule has 11 heteroatoms. The molecule has 178 valence electrons. The van der Waals surface area contributed by atoms with E-state index in [1.54, 1.807) is 12.4 Å². The number of anilines is 1. The lowest BCUT2D eigenvalue weighted by molar-refractivity contribution is 0.202. The molecule has 8 nitrogen and oxygen atoms in total. The molecule has 2 aromatic heterocycles. The maximum atomic E-state index is 5.91. The summed E-state index contributed by atoms with van der Waals surface area (Å²) in [6, 6.07) is 8.19. The summed E-state index contributed by atoms with van der Waals surface area (Å²) in [6.07, 6.45) is 7.01. The molecule has 3 aromatic rings. The van der Waals surface area contributed by atoms with Gasteiger partial charge in [0.15, 0.2) is 5.82 Å². The lowest BCUT2D eigenvalue weighted by atomic mass is 10.1. The van der Waals surface area contributed by atoms with E-state index < -0.39 is 0 Å². The SMILES string of the molecule is CCC.CCCNSNc1ncnc(OCCOc2ncc(Br)cn2)c1-c1ccc(Br)cc1. The Labute approximate surface area is 216 Å². The van der Waals surface area contributed by atoms with Crippen LogP contribution >= 0.6 is 44.0 Å². The fourth-order valence-corrected chi connectivity index (χ4v) is 3.42. The third-order valence-corrected chi connectivity index (χ3v) is 5.25. The first-order chi connectivity index (χ1) is 16.1. The van der Waals surface area contributed by atoms with E-state index in [4.69, 9.17) is 9.47 Å². The zero-order chi connectivity index (χ0) is 23.9. The number of hydrogen-bond acceptors (Lipinski definition) is 9. The van der Waals surface area contributed by atoms with Crippen LogP contribution in [0.5, 0.6) is 11.9 Å². The number of aromatic nitrogens is 4. The van der Waals surface area contributed by atoms with Gasteiger partial charge in [-0.05, 0) is 40.0 Å². The minimum atomic E-state index is 0.278. The average Bonchev–Trinajstić information content (AvgIpc) is 2.82. The van der Waals surface area contributed by atoms with Gasteiger partial charge >= 0.3 is 6.01 Å². The van der Waals surface area contributed by atoms with Crippen LogP contribution in [0.3, 0.4) is 0 Å². The molecule has 0 amide bonds. The molecule has 0 saturated heterocycles. The molecule has 0 radical (unpaired) electrons. The quantitative estimate of drug-likeness (QED) is 0.194. The Morgan fingerprint density at radius 1 is 0.879 bits per heavy atom. The Morgan fingerprint density at radius 2 is 1.55 bits per heavy atom. The Balaban J connectivity index is 0.00000122. The van der Waals surface area contributed by atoms with Crippen LogP contribution < -0.4 is 18.9 Å². The third-order valence-electron chi connectivity index (χ3n) is 3.67. The van der Waals surface area contributed by atoms with Crippen molar-refractivity contribution in [3.8, 4) is 23.0 Å². The van der Waals surface area contributed by atoms with Crippen molar-refractivity contribution in [2.24, 2.45) is 0 Å². The van der Waals surface area contributed by atoms with Crippen LogP contribution in [0.1, 0.15) is 33.6 Å². The van der Waals surface area contributed by atoms with Gasteiger partial charge in [0.05, 0.1) is 10.0 Å². The van der Waals surface area contributed by atoms with E-state index in [2.05, 4.69) is 82.0 Å². The highest BCUT2D eigenvalue weighted by molar-refractivity contribution is 9.10. The summed E-state index contributed by atoms with van der Waals surface area (Å²) in [4.78, 5) is 16.9. The van der Waals surface area contributed by atoms with E-state index >= 15 is 0 Å². The first-order valence-electron chi connectivity index (χ1n) is 10.6. The lowest BCUT2D eigenvalue weighted by Gasteiger charge is -2.15. The third kappa shape index (κ3) is 9.83. The lowest BCUT2D eigenvalue weighted by Crippen LogP contribution is -2.13. The first kappa shape index (κ1) is 27.3. The second-order valence-corrected chi connectivity index (χ2v) is 9.12. The maximum Gasteiger partial charge on any atom is 0.316 e. The van der Waals surface area contributed by atoms with Gasteiger partial charge in [0.25, 0.3) is 0 Å². The number of benzene rings is 1. The van der Waals surface area contributed by atoms with E-state index in [9.17, 15) is 0 Å². The molecule has 0 atom stereocenters. The predicted octanol–water partition coefficient (Wildman–Crippen LogP) is 6.31. The van der Waals surface area contributed by atoms with Crippen molar-refractivity contribution in [1.82, 2.24) is 24.7 Å². The van der Waals surface area contributed by atoms with E-state index in [1.165, 1.54) is 24.9 Å². The molecular weight excluding hydrogens is 572 g/mol. The van der Waals surface area contributed by atoms with Gasteiger partial charge in [0, 0.05) is 35.5 Å². The van der Waals surface area contributed by atoms with Crippen molar-refractivity contribution < 1.29 is 9.47 Å². The molecule has 1 aromatic carbocycles. The maximum absolute atomic E-state index is 5.91. The van der Waals surface area contributed by atoms with Gasteiger partial charge < -0.3 is 14.2 Å². The molecule has 0 bridgehead atoms. The van der Waals surface area contributed by atoms with Gasteiger partial charge in [-0.1, -0.05) is 55.3 Å². The second-order valence-electron chi connectivity index (χ2n) is 6.60. The summed E-state index contributed by atoms with van der Waals surface area (Å²) in [5.74, 6) is 1.12. The zero-order valence-electron chi connectivity index (χ0n) is 18.8. The Morgan fingerprint density at radius 3 is 2.21 bits per heavy atom. The van der Waals surface area contributed by atoms with E-state index in [-0.39, 0.29) is 13.2 Å². The van der Waals surface area contributed by atoms with Gasteiger partial charge in [0.2, 0.25) is 5.88 Å². The number of nitrogens with one attached hydrogen (secondary N) is 2. The van der Waals surface area contributed by atoms with Gasteiger partial charge in [0.1, 0.15) is 19.5 Å². The molecule has 0 unspecified atom stereocenters. The molecule has 0 spiro atoms. The van der Waals surface area contributed by atoms with Crippen LogP contribution in [0.2, 0.25) is 0 Å². The predicted molar refractivity (Wildman–Crippen MR) is 141 cm³/mol. The van der Waals surface area contributed by atoms with Gasteiger partial charge in [-0.15, -0.1) is 0 Å². The van der Waals surface area contributed by atoms with E-state index in [1.807, 2.05) is 24.3 Å². The molecule has 3 rings (SSSR count). The van der Waals surface area contributed by atoms with Crippen LogP contribution in [0.25, 0.3) is 11.1 Å². The highest BCUT2D eigenvalue weighted by Crippen LogP contribution is 2.35. The minimum Gasteiger partial charge on any atom is -0.473 e. The van der Waals surface area contributed by atoms with Gasteiger partial charge in [-0.25, -0.2) is 24.7 Å². The summed E-state index contributed by atoms with van der Waals surface area (Å²) in [6.45, 7) is 7.80. The molecule has 0 aliphatic carbocycles. The molecule has 0 fully saturated rings.